The first-order chi connectivity index (χ1) is 12.4. The van der Waals surface area contributed by atoms with E-state index in [9.17, 15) is 13.2 Å². The molecule has 0 atom stereocenters. The summed E-state index contributed by atoms with van der Waals surface area (Å²) < 4.78 is 29.8. The van der Waals surface area contributed by atoms with E-state index in [1.807, 2.05) is 30.3 Å². The topological polar surface area (TPSA) is 78.3 Å². The maximum absolute atomic E-state index is 12.7. The van der Waals surface area contributed by atoms with Crippen LogP contribution in [0.2, 0.25) is 0 Å². The van der Waals surface area contributed by atoms with E-state index in [2.05, 4.69) is 5.10 Å². The lowest BCUT2D eigenvalue weighted by Crippen LogP contribution is -2.25. The molecule has 26 heavy (non-hydrogen) atoms. The molecule has 0 fully saturated rings. The Morgan fingerprint density at radius 2 is 1.69 bits per heavy atom. The molecule has 0 aliphatic rings. The standard InChI is InChI=1S/C19H18N2O4S/c1-25-18-17(15-8-10-16(11-9-15)26(2,23)24)12-20-21(19(18)22)13-14-6-4-3-5-7-14/h3-12H,13H2,1-2H3. The van der Waals surface area contributed by atoms with E-state index in [1.54, 1.807) is 18.3 Å². The molecule has 0 unspecified atom stereocenters. The minimum absolute atomic E-state index is 0.169. The van der Waals surface area contributed by atoms with Crippen molar-refractivity contribution in [3.8, 4) is 16.9 Å². The molecule has 3 aromatic rings. The first-order valence-electron chi connectivity index (χ1n) is 7.88. The SMILES string of the molecule is COc1c(-c2ccc(S(C)(=O)=O)cc2)cnn(Cc2ccccc2)c1=O. The van der Waals surface area contributed by atoms with Crippen molar-refractivity contribution in [2.24, 2.45) is 0 Å². The summed E-state index contributed by atoms with van der Waals surface area (Å²) in [5.41, 5.74) is 1.78. The first kappa shape index (κ1) is 17.9. The maximum Gasteiger partial charge on any atom is 0.310 e. The van der Waals surface area contributed by atoms with Gasteiger partial charge in [-0.1, -0.05) is 42.5 Å². The van der Waals surface area contributed by atoms with E-state index in [0.717, 1.165) is 11.8 Å². The van der Waals surface area contributed by atoms with E-state index in [4.69, 9.17) is 4.74 Å². The van der Waals surface area contributed by atoms with Crippen LogP contribution in [0.4, 0.5) is 0 Å². The molecule has 0 radical (unpaired) electrons. The fourth-order valence-corrected chi connectivity index (χ4v) is 3.25. The van der Waals surface area contributed by atoms with Crippen LogP contribution < -0.4 is 10.3 Å². The van der Waals surface area contributed by atoms with Crippen molar-refractivity contribution in [1.29, 1.82) is 0 Å². The smallest absolute Gasteiger partial charge is 0.310 e. The summed E-state index contributed by atoms with van der Waals surface area (Å²) in [5, 5.41) is 4.24. The summed E-state index contributed by atoms with van der Waals surface area (Å²) in [6.07, 6.45) is 2.70. The monoisotopic (exact) mass is 370 g/mol. The highest BCUT2D eigenvalue weighted by Crippen LogP contribution is 2.27. The summed E-state index contributed by atoms with van der Waals surface area (Å²) >= 11 is 0. The number of nitrogens with zero attached hydrogens (tertiary/aromatic N) is 2. The molecule has 0 spiro atoms. The molecule has 1 heterocycles. The third-order valence-corrected chi connectivity index (χ3v) is 5.10. The third kappa shape index (κ3) is 3.67. The van der Waals surface area contributed by atoms with Crippen LogP contribution in [0, 0.1) is 0 Å². The van der Waals surface area contributed by atoms with E-state index in [0.29, 0.717) is 17.7 Å². The normalized spacial score (nSPS) is 11.3. The summed E-state index contributed by atoms with van der Waals surface area (Å²) in [5.74, 6) is 0.169. The van der Waals surface area contributed by atoms with Gasteiger partial charge < -0.3 is 4.74 Å². The first-order valence-corrected chi connectivity index (χ1v) is 9.78. The number of aromatic nitrogens is 2. The molecule has 0 amide bonds. The van der Waals surface area contributed by atoms with Crippen molar-refractivity contribution in [2.45, 2.75) is 11.4 Å². The Bertz CT molecular complexity index is 1070. The zero-order chi connectivity index (χ0) is 18.7. The molecule has 0 N–H and O–H groups in total. The highest BCUT2D eigenvalue weighted by Gasteiger charge is 2.15. The second kappa shape index (κ2) is 7.13. The highest BCUT2D eigenvalue weighted by molar-refractivity contribution is 7.90. The highest BCUT2D eigenvalue weighted by atomic mass is 32.2. The maximum atomic E-state index is 12.7. The average molecular weight is 370 g/mol. The van der Waals surface area contributed by atoms with Crippen LogP contribution in [0.3, 0.4) is 0 Å². The predicted molar refractivity (Wildman–Crippen MR) is 99.1 cm³/mol. The van der Waals surface area contributed by atoms with Gasteiger partial charge in [-0.15, -0.1) is 0 Å². The lowest BCUT2D eigenvalue weighted by molar-refractivity contribution is 0.400. The van der Waals surface area contributed by atoms with Crippen molar-refractivity contribution in [1.82, 2.24) is 9.78 Å². The van der Waals surface area contributed by atoms with Crippen LogP contribution in [0.1, 0.15) is 5.56 Å². The molecule has 0 aliphatic heterocycles. The molecular weight excluding hydrogens is 352 g/mol. The quantitative estimate of drug-likeness (QED) is 0.689. The Morgan fingerprint density at radius 1 is 1.04 bits per heavy atom. The Hall–Kier alpha value is -2.93. The van der Waals surface area contributed by atoms with Crippen molar-refractivity contribution < 1.29 is 13.2 Å². The third-order valence-electron chi connectivity index (χ3n) is 3.97. The minimum atomic E-state index is -3.28. The van der Waals surface area contributed by atoms with Gasteiger partial charge in [-0.25, -0.2) is 13.1 Å². The van der Waals surface area contributed by atoms with Gasteiger partial charge in [0.15, 0.2) is 15.6 Å². The fraction of sp³-hybridized carbons (Fsp3) is 0.158. The van der Waals surface area contributed by atoms with Crippen molar-refractivity contribution in [3.05, 3.63) is 76.7 Å². The van der Waals surface area contributed by atoms with Crippen LogP contribution >= 0.6 is 0 Å². The molecule has 2 aromatic carbocycles. The largest absolute Gasteiger partial charge is 0.491 e. The molecule has 6 nitrogen and oxygen atoms in total. The lowest BCUT2D eigenvalue weighted by atomic mass is 10.1. The average Bonchev–Trinajstić information content (AvgIpc) is 2.63. The van der Waals surface area contributed by atoms with Crippen LogP contribution in [-0.2, 0) is 16.4 Å². The summed E-state index contributed by atoms with van der Waals surface area (Å²) in [6, 6.07) is 15.8. The Balaban J connectivity index is 2.01. The van der Waals surface area contributed by atoms with E-state index < -0.39 is 9.84 Å². The van der Waals surface area contributed by atoms with E-state index in [1.165, 1.54) is 23.9 Å². The minimum Gasteiger partial charge on any atom is -0.491 e. The zero-order valence-corrected chi connectivity index (χ0v) is 15.2. The van der Waals surface area contributed by atoms with Gasteiger partial charge in [-0.3, -0.25) is 4.79 Å². The molecule has 0 saturated carbocycles. The summed E-state index contributed by atoms with van der Waals surface area (Å²) in [4.78, 5) is 12.9. The zero-order valence-electron chi connectivity index (χ0n) is 14.4. The van der Waals surface area contributed by atoms with Gasteiger partial charge in [-0.2, -0.15) is 5.10 Å². The number of hydrogen-bond acceptors (Lipinski definition) is 5. The molecule has 1 aromatic heterocycles. The molecule has 0 bridgehead atoms. The van der Waals surface area contributed by atoms with Crippen LogP contribution in [0.5, 0.6) is 5.75 Å². The van der Waals surface area contributed by atoms with Gasteiger partial charge >= 0.3 is 5.56 Å². The number of benzene rings is 2. The van der Waals surface area contributed by atoms with Gasteiger partial charge in [0.1, 0.15) is 0 Å². The lowest BCUT2D eigenvalue weighted by Gasteiger charge is -2.11. The number of rotatable bonds is 5. The van der Waals surface area contributed by atoms with Crippen molar-refractivity contribution in [3.63, 3.8) is 0 Å². The van der Waals surface area contributed by atoms with Crippen molar-refractivity contribution in [2.75, 3.05) is 13.4 Å². The van der Waals surface area contributed by atoms with Gasteiger partial charge in [-0.05, 0) is 23.3 Å². The van der Waals surface area contributed by atoms with Gasteiger partial charge in [0.2, 0.25) is 0 Å². The second-order valence-electron chi connectivity index (χ2n) is 5.84. The molecule has 0 aliphatic carbocycles. The van der Waals surface area contributed by atoms with Crippen LogP contribution in [0.15, 0.2) is 70.5 Å². The van der Waals surface area contributed by atoms with Crippen LogP contribution in [-0.4, -0.2) is 31.6 Å². The fourth-order valence-electron chi connectivity index (χ4n) is 2.62. The van der Waals surface area contributed by atoms with Crippen LogP contribution in [0.25, 0.3) is 11.1 Å². The number of methoxy groups -OCH3 is 1. The van der Waals surface area contributed by atoms with E-state index in [-0.39, 0.29) is 16.2 Å². The molecule has 0 saturated heterocycles. The van der Waals surface area contributed by atoms with E-state index >= 15 is 0 Å². The van der Waals surface area contributed by atoms with Gasteiger partial charge in [0.25, 0.3) is 0 Å². The Morgan fingerprint density at radius 3 is 2.27 bits per heavy atom. The second-order valence-corrected chi connectivity index (χ2v) is 7.85. The number of sulfone groups is 1. The molecular formula is C19H18N2O4S. The summed E-state index contributed by atoms with van der Waals surface area (Å²) in [6.45, 7) is 0.337. The number of hydrogen-bond donors (Lipinski definition) is 0. The Kier molecular flexibility index (Phi) is 4.90. The molecule has 7 heteroatoms. The Labute approximate surface area is 151 Å². The number of ether oxygens (including phenoxy) is 1. The molecule has 3 rings (SSSR count). The van der Waals surface area contributed by atoms with Gasteiger partial charge in [0, 0.05) is 11.8 Å². The molecule has 134 valence electrons. The van der Waals surface area contributed by atoms with Crippen molar-refractivity contribution >= 4 is 9.84 Å². The predicted octanol–water partition coefficient (Wildman–Crippen LogP) is 2.37. The van der Waals surface area contributed by atoms with Gasteiger partial charge in [0.05, 0.1) is 24.7 Å². The summed E-state index contributed by atoms with van der Waals surface area (Å²) in [7, 11) is -1.85.